The van der Waals surface area contributed by atoms with Gasteiger partial charge in [-0.15, -0.1) is 11.8 Å². The molecule has 2 N–H and O–H groups in total. The van der Waals surface area contributed by atoms with Gasteiger partial charge in [0.15, 0.2) is 5.82 Å². The van der Waals surface area contributed by atoms with Crippen LogP contribution in [0.2, 0.25) is 10.2 Å². The number of benzene rings is 2. The van der Waals surface area contributed by atoms with Crippen molar-refractivity contribution < 1.29 is 0 Å². The van der Waals surface area contributed by atoms with Crippen LogP contribution in [0.4, 0.5) is 17.3 Å². The highest BCUT2D eigenvalue weighted by Crippen LogP contribution is 2.29. The molecule has 0 atom stereocenters. The van der Waals surface area contributed by atoms with Gasteiger partial charge in [0, 0.05) is 34.6 Å². The van der Waals surface area contributed by atoms with Gasteiger partial charge >= 0.3 is 0 Å². The van der Waals surface area contributed by atoms with Crippen LogP contribution in [0.5, 0.6) is 0 Å². The summed E-state index contributed by atoms with van der Waals surface area (Å²) in [6.07, 6.45) is 1.59. The summed E-state index contributed by atoms with van der Waals surface area (Å²) in [4.78, 5) is 5.55. The van der Waals surface area contributed by atoms with E-state index >= 15 is 0 Å². The van der Waals surface area contributed by atoms with E-state index in [0.29, 0.717) is 27.3 Å². The number of aromatic amines is 1. The third-order valence-electron chi connectivity index (χ3n) is 4.48. The van der Waals surface area contributed by atoms with E-state index in [4.69, 9.17) is 23.2 Å². The molecule has 0 radical (unpaired) electrons. The minimum atomic E-state index is 0.249. The van der Waals surface area contributed by atoms with Crippen LogP contribution in [0.25, 0.3) is 0 Å². The molecule has 0 fully saturated rings. The topological polar surface area (TPSA) is 94.7 Å². The maximum Gasteiger partial charge on any atom is 0.193 e. The number of nitrogens with zero attached hydrogens (tertiary/aromatic N) is 5. The molecule has 160 valence electrons. The highest BCUT2D eigenvalue weighted by molar-refractivity contribution is 7.98. The van der Waals surface area contributed by atoms with Gasteiger partial charge in [-0.1, -0.05) is 47.5 Å². The second-order valence-electron chi connectivity index (χ2n) is 6.68. The zero-order valence-electron chi connectivity index (χ0n) is 16.9. The van der Waals surface area contributed by atoms with Gasteiger partial charge in [-0.25, -0.2) is 4.99 Å². The third kappa shape index (κ3) is 4.97. The van der Waals surface area contributed by atoms with E-state index in [9.17, 15) is 5.26 Å². The Bertz CT molecular complexity index is 1310. The predicted molar refractivity (Wildman–Crippen MR) is 130 cm³/mol. The maximum absolute atomic E-state index is 9.65. The maximum atomic E-state index is 9.65. The number of nitriles is 1. The van der Waals surface area contributed by atoms with Crippen LogP contribution >= 0.6 is 35.0 Å². The fourth-order valence-corrected chi connectivity index (χ4v) is 4.19. The summed E-state index contributed by atoms with van der Waals surface area (Å²) in [5.74, 6) is 1.30. The summed E-state index contributed by atoms with van der Waals surface area (Å²) in [6, 6.07) is 19.3. The van der Waals surface area contributed by atoms with Crippen LogP contribution in [0, 0.1) is 11.3 Å². The Hall–Kier alpha value is -3.25. The Kier molecular flexibility index (Phi) is 6.81. The molecular weight excluding hydrogens is 465 g/mol. The van der Waals surface area contributed by atoms with E-state index in [1.54, 1.807) is 41.8 Å². The van der Waals surface area contributed by atoms with Gasteiger partial charge < -0.3 is 5.32 Å². The highest BCUT2D eigenvalue weighted by atomic mass is 35.5. The Morgan fingerprint density at radius 2 is 2.03 bits per heavy atom. The van der Waals surface area contributed by atoms with Crippen LogP contribution in [-0.2, 0) is 12.8 Å². The summed E-state index contributed by atoms with van der Waals surface area (Å²) in [7, 11) is 1.78. The molecule has 7 nitrogen and oxygen atoms in total. The lowest BCUT2D eigenvalue weighted by molar-refractivity contribution is 0.755. The standard InChI is InChI=1S/C22H17Cl2N7S/c1-31-20(24)18(19(30-31)13-32-16-8-3-2-4-9-16)12-26-21-17(11-25)22(29-28-21)27-15-7-5-6-14(23)10-15/h2-10,12H,13H2,1H3,(H2,27,28,29). The van der Waals surface area contributed by atoms with E-state index < -0.39 is 0 Å². The molecule has 4 aromatic rings. The molecule has 4 rings (SSSR count). The van der Waals surface area contributed by atoms with Crippen molar-refractivity contribution >= 4 is 58.5 Å². The molecule has 0 amide bonds. The number of nitrogens with one attached hydrogen (secondary N) is 2. The molecule has 0 unspecified atom stereocenters. The summed E-state index contributed by atoms with van der Waals surface area (Å²) < 4.78 is 1.60. The number of H-pyrrole nitrogens is 1. The van der Waals surface area contributed by atoms with Crippen LogP contribution < -0.4 is 5.32 Å². The van der Waals surface area contributed by atoms with E-state index in [2.05, 4.69) is 31.7 Å². The second kappa shape index (κ2) is 9.92. The SMILES string of the molecule is Cn1nc(CSc2ccccc2)c(C=Nc2n[nH]c(Nc3cccc(Cl)c3)c2C#N)c1Cl. The number of anilines is 2. The molecule has 2 aromatic heterocycles. The number of thioether (sulfide) groups is 1. The Balaban J connectivity index is 1.57. The average molecular weight is 482 g/mol. The van der Waals surface area contributed by atoms with Gasteiger partial charge in [-0.3, -0.25) is 9.78 Å². The van der Waals surface area contributed by atoms with Gasteiger partial charge in [0.05, 0.1) is 11.3 Å². The Labute approximate surface area is 199 Å². The number of halogens is 2. The minimum Gasteiger partial charge on any atom is -0.339 e. The highest BCUT2D eigenvalue weighted by Gasteiger charge is 2.16. The first-order valence-electron chi connectivity index (χ1n) is 9.49. The van der Waals surface area contributed by atoms with Crippen LogP contribution in [-0.4, -0.2) is 26.2 Å². The summed E-state index contributed by atoms with van der Waals surface area (Å²) in [6.45, 7) is 0. The van der Waals surface area contributed by atoms with Crippen molar-refractivity contribution in [3.05, 3.63) is 81.6 Å². The molecule has 0 saturated carbocycles. The van der Waals surface area contributed by atoms with Crippen molar-refractivity contribution in [2.75, 3.05) is 5.32 Å². The van der Waals surface area contributed by atoms with Crippen LogP contribution in [0.15, 0.2) is 64.5 Å². The molecule has 2 aromatic carbocycles. The minimum absolute atomic E-state index is 0.249. The first-order valence-corrected chi connectivity index (χ1v) is 11.2. The Morgan fingerprint density at radius 3 is 2.78 bits per heavy atom. The summed E-state index contributed by atoms with van der Waals surface area (Å²) in [5.41, 5.74) is 2.49. The van der Waals surface area contributed by atoms with E-state index in [0.717, 1.165) is 16.3 Å². The Morgan fingerprint density at radius 1 is 1.22 bits per heavy atom. The summed E-state index contributed by atoms with van der Waals surface area (Å²) in [5, 5.41) is 25.3. The first-order chi connectivity index (χ1) is 15.5. The fourth-order valence-electron chi connectivity index (χ4n) is 2.93. The van der Waals surface area contributed by atoms with Gasteiger partial charge in [0.25, 0.3) is 0 Å². The lowest BCUT2D eigenvalue weighted by Gasteiger charge is -2.03. The normalized spacial score (nSPS) is 11.1. The molecule has 0 bridgehead atoms. The second-order valence-corrected chi connectivity index (χ2v) is 8.52. The van der Waals surface area contributed by atoms with Crippen molar-refractivity contribution in [3.8, 4) is 6.07 Å². The zero-order chi connectivity index (χ0) is 22.5. The molecule has 0 saturated heterocycles. The van der Waals surface area contributed by atoms with Crippen molar-refractivity contribution in [2.24, 2.45) is 12.0 Å². The van der Waals surface area contributed by atoms with E-state index in [1.165, 1.54) is 0 Å². The number of rotatable bonds is 7. The molecule has 10 heteroatoms. The number of aliphatic imine (C=N–C) groups is 1. The zero-order valence-corrected chi connectivity index (χ0v) is 19.2. The number of aryl methyl sites for hydroxylation is 1. The average Bonchev–Trinajstić information content (AvgIpc) is 3.31. The van der Waals surface area contributed by atoms with Crippen LogP contribution in [0.1, 0.15) is 16.8 Å². The van der Waals surface area contributed by atoms with Crippen molar-refractivity contribution in [1.82, 2.24) is 20.0 Å². The third-order valence-corrected chi connectivity index (χ3v) is 6.18. The lowest BCUT2D eigenvalue weighted by Crippen LogP contribution is -1.92. The smallest absolute Gasteiger partial charge is 0.193 e. The molecule has 0 aliphatic carbocycles. The number of hydrogen-bond acceptors (Lipinski definition) is 6. The van der Waals surface area contributed by atoms with E-state index in [1.807, 2.05) is 42.5 Å². The molecule has 0 spiro atoms. The van der Waals surface area contributed by atoms with Gasteiger partial charge in [0.1, 0.15) is 22.6 Å². The van der Waals surface area contributed by atoms with E-state index in [-0.39, 0.29) is 11.4 Å². The first kappa shape index (κ1) is 22.0. The fraction of sp³-hybridized carbons (Fsp3) is 0.0909. The molecule has 32 heavy (non-hydrogen) atoms. The van der Waals surface area contributed by atoms with Crippen molar-refractivity contribution in [2.45, 2.75) is 10.6 Å². The number of aromatic nitrogens is 4. The van der Waals surface area contributed by atoms with Gasteiger partial charge in [-0.05, 0) is 30.3 Å². The molecule has 2 heterocycles. The van der Waals surface area contributed by atoms with Gasteiger partial charge in [-0.2, -0.15) is 15.5 Å². The van der Waals surface area contributed by atoms with Crippen molar-refractivity contribution in [3.63, 3.8) is 0 Å². The van der Waals surface area contributed by atoms with Crippen molar-refractivity contribution in [1.29, 1.82) is 5.26 Å². The predicted octanol–water partition coefficient (Wildman–Crippen LogP) is 6.11. The molecule has 0 aliphatic rings. The lowest BCUT2D eigenvalue weighted by atomic mass is 10.2. The molecular formula is C22H17Cl2N7S. The molecule has 0 aliphatic heterocycles. The monoisotopic (exact) mass is 481 g/mol. The largest absolute Gasteiger partial charge is 0.339 e. The number of hydrogen-bond donors (Lipinski definition) is 2. The van der Waals surface area contributed by atoms with Crippen LogP contribution in [0.3, 0.4) is 0 Å². The quantitative estimate of drug-likeness (QED) is 0.245. The van der Waals surface area contributed by atoms with Gasteiger partial charge in [0.2, 0.25) is 0 Å². The summed E-state index contributed by atoms with van der Waals surface area (Å²) >= 11 is 14.1.